The standard InChI is InChI=1S/C19H19NO6/c1-4-9-25-19(22)20-8-7-12-10-15(23-2)16(24-3)11-13(12)18(20)14-5-6-17(21)26-14/h5-6,10-11,14,18H,7-8H2,1-3H3. The molecule has 0 spiro atoms. The summed E-state index contributed by atoms with van der Waals surface area (Å²) in [5, 5.41) is 0. The zero-order valence-corrected chi connectivity index (χ0v) is 14.8. The van der Waals surface area contributed by atoms with Gasteiger partial charge < -0.3 is 18.9 Å². The first-order chi connectivity index (χ1) is 12.6. The lowest BCUT2D eigenvalue weighted by Crippen LogP contribution is -2.45. The van der Waals surface area contributed by atoms with E-state index < -0.39 is 24.2 Å². The summed E-state index contributed by atoms with van der Waals surface area (Å²) >= 11 is 0. The van der Waals surface area contributed by atoms with Crippen molar-refractivity contribution in [2.75, 3.05) is 20.8 Å². The summed E-state index contributed by atoms with van der Waals surface area (Å²) in [5.74, 6) is 3.23. The van der Waals surface area contributed by atoms with Crippen LogP contribution in [-0.2, 0) is 20.7 Å². The van der Waals surface area contributed by atoms with Crippen molar-refractivity contribution >= 4 is 12.1 Å². The van der Waals surface area contributed by atoms with Crippen LogP contribution >= 0.6 is 0 Å². The fourth-order valence-electron chi connectivity index (χ4n) is 3.24. The minimum absolute atomic E-state index is 0.402. The molecule has 1 aromatic carbocycles. The highest BCUT2D eigenvalue weighted by Gasteiger charge is 2.40. The lowest BCUT2D eigenvalue weighted by Gasteiger charge is -2.38. The summed E-state index contributed by atoms with van der Waals surface area (Å²) < 4.78 is 21.1. The fourth-order valence-corrected chi connectivity index (χ4v) is 3.24. The number of cyclic esters (lactones) is 1. The van der Waals surface area contributed by atoms with Crippen LogP contribution in [0.25, 0.3) is 0 Å². The summed E-state index contributed by atoms with van der Waals surface area (Å²) in [6.07, 6.45) is 4.73. The lowest BCUT2D eigenvalue weighted by atomic mass is 9.89. The molecule has 1 amide bonds. The minimum atomic E-state index is -0.609. The molecule has 136 valence electrons. The average Bonchev–Trinajstić information content (AvgIpc) is 3.09. The highest BCUT2D eigenvalue weighted by atomic mass is 16.6. The SMILES string of the molecule is CC#COC(=O)N1CCc2cc(OC)c(OC)cc2C1C1C=CC(=O)O1. The molecule has 2 atom stereocenters. The van der Waals surface area contributed by atoms with E-state index >= 15 is 0 Å². The van der Waals surface area contributed by atoms with Crippen LogP contribution in [0, 0.1) is 12.0 Å². The monoisotopic (exact) mass is 357 g/mol. The molecule has 0 fully saturated rings. The largest absolute Gasteiger partial charge is 0.493 e. The first kappa shape index (κ1) is 17.7. The van der Waals surface area contributed by atoms with E-state index in [0.29, 0.717) is 24.5 Å². The molecule has 2 aliphatic heterocycles. The van der Waals surface area contributed by atoms with Crippen LogP contribution in [0.15, 0.2) is 24.3 Å². The molecule has 7 heteroatoms. The Morgan fingerprint density at radius 1 is 1.27 bits per heavy atom. The molecule has 26 heavy (non-hydrogen) atoms. The van der Waals surface area contributed by atoms with Gasteiger partial charge in [-0.2, -0.15) is 0 Å². The van der Waals surface area contributed by atoms with Crippen LogP contribution in [-0.4, -0.2) is 43.8 Å². The first-order valence-electron chi connectivity index (χ1n) is 8.11. The van der Waals surface area contributed by atoms with Crippen molar-refractivity contribution in [3.05, 3.63) is 35.4 Å². The van der Waals surface area contributed by atoms with Gasteiger partial charge in [-0.3, -0.25) is 4.90 Å². The number of amides is 1. The van der Waals surface area contributed by atoms with Crippen LogP contribution in [0.2, 0.25) is 0 Å². The Labute approximate surface area is 151 Å². The number of ether oxygens (including phenoxy) is 4. The lowest BCUT2D eigenvalue weighted by molar-refractivity contribution is -0.141. The van der Waals surface area contributed by atoms with E-state index in [1.807, 2.05) is 12.1 Å². The molecule has 3 rings (SSSR count). The number of methoxy groups -OCH3 is 2. The van der Waals surface area contributed by atoms with Gasteiger partial charge in [0.05, 0.1) is 14.2 Å². The third-order valence-corrected chi connectivity index (χ3v) is 4.38. The molecule has 0 saturated heterocycles. The van der Waals surface area contributed by atoms with Gasteiger partial charge in [0.1, 0.15) is 18.3 Å². The van der Waals surface area contributed by atoms with Gasteiger partial charge in [-0.15, -0.1) is 0 Å². The van der Waals surface area contributed by atoms with Crippen molar-refractivity contribution in [3.63, 3.8) is 0 Å². The molecular weight excluding hydrogens is 338 g/mol. The third kappa shape index (κ3) is 3.18. The highest BCUT2D eigenvalue weighted by Crippen LogP contribution is 2.41. The summed E-state index contributed by atoms with van der Waals surface area (Å²) in [6.45, 7) is 1.98. The van der Waals surface area contributed by atoms with Crippen LogP contribution in [0.5, 0.6) is 11.5 Å². The van der Waals surface area contributed by atoms with Gasteiger partial charge in [-0.05, 0) is 35.8 Å². The Hall–Kier alpha value is -3.14. The number of esters is 1. The molecule has 7 nitrogen and oxygen atoms in total. The van der Waals surface area contributed by atoms with E-state index in [-0.39, 0.29) is 0 Å². The molecule has 2 unspecified atom stereocenters. The van der Waals surface area contributed by atoms with E-state index in [0.717, 1.165) is 11.1 Å². The Balaban J connectivity index is 2.05. The van der Waals surface area contributed by atoms with Gasteiger partial charge in [0.2, 0.25) is 0 Å². The Morgan fingerprint density at radius 3 is 2.62 bits per heavy atom. The van der Waals surface area contributed by atoms with Gasteiger partial charge >= 0.3 is 12.1 Å². The summed E-state index contributed by atoms with van der Waals surface area (Å²) in [4.78, 5) is 25.6. The summed E-state index contributed by atoms with van der Waals surface area (Å²) in [7, 11) is 3.11. The van der Waals surface area contributed by atoms with Crippen LogP contribution in [0.3, 0.4) is 0 Å². The van der Waals surface area contributed by atoms with Crippen molar-refractivity contribution < 1.29 is 28.5 Å². The first-order valence-corrected chi connectivity index (χ1v) is 8.11. The molecule has 0 aromatic heterocycles. The second kappa shape index (κ2) is 7.40. The average molecular weight is 357 g/mol. The van der Waals surface area contributed by atoms with Crippen LogP contribution < -0.4 is 9.47 Å². The number of carbonyl (C=O) groups is 2. The molecular formula is C19H19NO6. The third-order valence-electron chi connectivity index (χ3n) is 4.38. The topological polar surface area (TPSA) is 74.3 Å². The minimum Gasteiger partial charge on any atom is -0.493 e. The van der Waals surface area contributed by atoms with E-state index in [2.05, 4.69) is 12.0 Å². The quantitative estimate of drug-likeness (QED) is 0.610. The Morgan fingerprint density at radius 2 is 2.00 bits per heavy atom. The normalized spacial score (nSPS) is 20.6. The zero-order valence-electron chi connectivity index (χ0n) is 14.8. The van der Waals surface area contributed by atoms with Crippen LogP contribution in [0.1, 0.15) is 24.1 Å². The second-order valence-corrected chi connectivity index (χ2v) is 5.77. The molecule has 2 heterocycles. The number of hydrogen-bond acceptors (Lipinski definition) is 6. The molecule has 0 N–H and O–H groups in total. The van der Waals surface area contributed by atoms with E-state index in [9.17, 15) is 9.59 Å². The Bertz CT molecular complexity index is 819. The maximum atomic E-state index is 12.5. The van der Waals surface area contributed by atoms with Gasteiger partial charge in [0, 0.05) is 19.5 Å². The molecule has 1 aromatic rings. The number of fused-ring (bicyclic) bond motifs is 1. The molecule has 2 aliphatic rings. The van der Waals surface area contributed by atoms with E-state index in [4.69, 9.17) is 18.9 Å². The highest BCUT2D eigenvalue weighted by molar-refractivity contribution is 5.84. The van der Waals surface area contributed by atoms with E-state index in [1.54, 1.807) is 27.2 Å². The van der Waals surface area contributed by atoms with Gasteiger partial charge in [0.15, 0.2) is 11.5 Å². The van der Waals surface area contributed by atoms with Crippen molar-refractivity contribution in [1.82, 2.24) is 4.90 Å². The summed E-state index contributed by atoms with van der Waals surface area (Å²) in [6, 6.07) is 3.16. The van der Waals surface area contributed by atoms with Crippen molar-refractivity contribution in [2.45, 2.75) is 25.5 Å². The maximum absolute atomic E-state index is 12.5. The smallest absolute Gasteiger partial charge is 0.424 e. The van der Waals surface area contributed by atoms with Crippen molar-refractivity contribution in [3.8, 4) is 23.5 Å². The van der Waals surface area contributed by atoms with Crippen molar-refractivity contribution in [2.24, 2.45) is 0 Å². The summed E-state index contributed by atoms with van der Waals surface area (Å²) in [5.41, 5.74) is 1.81. The predicted molar refractivity (Wildman–Crippen MR) is 91.6 cm³/mol. The molecule has 0 aliphatic carbocycles. The fraction of sp³-hybridized carbons (Fsp3) is 0.368. The predicted octanol–water partition coefficient (Wildman–Crippen LogP) is 2.20. The number of carbonyl (C=O) groups excluding carboxylic acids is 2. The molecule has 0 bridgehead atoms. The van der Waals surface area contributed by atoms with Crippen LogP contribution in [0.4, 0.5) is 4.79 Å². The van der Waals surface area contributed by atoms with Gasteiger partial charge in [-0.1, -0.05) is 5.92 Å². The van der Waals surface area contributed by atoms with Gasteiger partial charge in [0.25, 0.3) is 0 Å². The van der Waals surface area contributed by atoms with Gasteiger partial charge in [-0.25, -0.2) is 9.59 Å². The number of benzene rings is 1. The van der Waals surface area contributed by atoms with Crippen molar-refractivity contribution in [1.29, 1.82) is 0 Å². The maximum Gasteiger partial charge on any atom is 0.424 e. The number of nitrogens with zero attached hydrogens (tertiary/aromatic N) is 1. The Kier molecular flexibility index (Phi) is 5.03. The molecule has 0 radical (unpaired) electrons. The van der Waals surface area contributed by atoms with E-state index in [1.165, 1.54) is 11.0 Å². The zero-order chi connectivity index (χ0) is 18.7. The second-order valence-electron chi connectivity index (χ2n) is 5.77. The number of hydrogen-bond donors (Lipinski definition) is 0. The molecule has 0 saturated carbocycles. The number of rotatable bonds is 3.